The SMILES string of the molecule is Cc1cc(Br)cc2c1N(Cc1cccc(Cl)n1)C(=O)C2=O. The Labute approximate surface area is 134 Å². The minimum absolute atomic E-state index is 0.223. The first kappa shape index (κ1) is 14.2. The molecule has 0 fully saturated rings. The Morgan fingerprint density at radius 3 is 2.76 bits per heavy atom. The van der Waals surface area contributed by atoms with Gasteiger partial charge in [-0.2, -0.15) is 0 Å². The largest absolute Gasteiger partial charge is 0.299 e. The van der Waals surface area contributed by atoms with Gasteiger partial charge in [-0.15, -0.1) is 0 Å². The second kappa shape index (κ2) is 5.24. The van der Waals surface area contributed by atoms with E-state index in [0.717, 1.165) is 10.0 Å². The quantitative estimate of drug-likeness (QED) is 0.604. The van der Waals surface area contributed by atoms with Gasteiger partial charge in [0.1, 0.15) is 5.15 Å². The van der Waals surface area contributed by atoms with Crippen molar-refractivity contribution in [3.63, 3.8) is 0 Å². The number of nitrogens with zero attached hydrogens (tertiary/aromatic N) is 2. The monoisotopic (exact) mass is 364 g/mol. The molecule has 0 saturated carbocycles. The zero-order valence-corrected chi connectivity index (χ0v) is 13.4. The lowest BCUT2D eigenvalue weighted by molar-refractivity contribution is -0.114. The lowest BCUT2D eigenvalue weighted by Crippen LogP contribution is -2.29. The van der Waals surface area contributed by atoms with Gasteiger partial charge in [0.15, 0.2) is 0 Å². The predicted octanol–water partition coefficient (Wildman–Crippen LogP) is 3.54. The van der Waals surface area contributed by atoms with Gasteiger partial charge in [0.2, 0.25) is 0 Å². The molecule has 0 atom stereocenters. The number of hydrogen-bond acceptors (Lipinski definition) is 3. The Hall–Kier alpha value is -1.72. The molecule has 1 aliphatic rings. The number of rotatable bonds is 2. The van der Waals surface area contributed by atoms with Crippen LogP contribution in [0.4, 0.5) is 5.69 Å². The average molecular weight is 366 g/mol. The van der Waals surface area contributed by atoms with E-state index in [4.69, 9.17) is 11.6 Å². The Bertz CT molecular complexity index is 776. The molecule has 0 bridgehead atoms. The van der Waals surface area contributed by atoms with E-state index >= 15 is 0 Å². The van der Waals surface area contributed by atoms with Gasteiger partial charge in [-0.05, 0) is 36.8 Å². The Kier molecular flexibility index (Phi) is 3.55. The summed E-state index contributed by atoms with van der Waals surface area (Å²) in [7, 11) is 0. The van der Waals surface area contributed by atoms with Gasteiger partial charge in [-0.1, -0.05) is 33.6 Å². The fourth-order valence-electron chi connectivity index (χ4n) is 2.46. The lowest BCUT2D eigenvalue weighted by Gasteiger charge is -2.18. The number of aromatic nitrogens is 1. The highest BCUT2D eigenvalue weighted by Gasteiger charge is 2.37. The molecule has 0 unspecified atom stereocenters. The van der Waals surface area contributed by atoms with Crippen molar-refractivity contribution in [1.82, 2.24) is 4.98 Å². The van der Waals surface area contributed by atoms with E-state index in [2.05, 4.69) is 20.9 Å². The maximum Gasteiger partial charge on any atom is 0.299 e. The van der Waals surface area contributed by atoms with Crippen LogP contribution in [0, 0.1) is 6.92 Å². The van der Waals surface area contributed by atoms with Gasteiger partial charge >= 0.3 is 0 Å². The van der Waals surface area contributed by atoms with Gasteiger partial charge in [-0.25, -0.2) is 4.98 Å². The van der Waals surface area contributed by atoms with Crippen molar-refractivity contribution in [2.75, 3.05) is 4.90 Å². The summed E-state index contributed by atoms with van der Waals surface area (Å²) in [6, 6.07) is 8.76. The maximum absolute atomic E-state index is 12.2. The summed E-state index contributed by atoms with van der Waals surface area (Å²) in [5, 5.41) is 0.359. The summed E-state index contributed by atoms with van der Waals surface area (Å²) in [5.41, 5.74) is 2.57. The summed E-state index contributed by atoms with van der Waals surface area (Å²) in [5.74, 6) is -1.02. The normalized spacial score (nSPS) is 13.8. The molecule has 2 aromatic rings. The number of benzene rings is 1. The summed E-state index contributed by atoms with van der Waals surface area (Å²) in [6.07, 6.45) is 0. The summed E-state index contributed by atoms with van der Waals surface area (Å²) < 4.78 is 0.780. The summed E-state index contributed by atoms with van der Waals surface area (Å²) in [4.78, 5) is 29.9. The molecule has 4 nitrogen and oxygen atoms in total. The van der Waals surface area contributed by atoms with Crippen LogP contribution in [0.15, 0.2) is 34.8 Å². The topological polar surface area (TPSA) is 50.3 Å². The van der Waals surface area contributed by atoms with Gasteiger partial charge in [0.05, 0.1) is 23.5 Å². The van der Waals surface area contributed by atoms with Crippen LogP contribution in [0.25, 0.3) is 0 Å². The smallest absolute Gasteiger partial charge is 0.298 e. The van der Waals surface area contributed by atoms with Gasteiger partial charge < -0.3 is 0 Å². The molecule has 0 saturated heterocycles. The first-order valence-corrected chi connectivity index (χ1v) is 7.42. The Balaban J connectivity index is 2.05. The first-order valence-electron chi connectivity index (χ1n) is 6.25. The molecule has 0 spiro atoms. The highest BCUT2D eigenvalue weighted by molar-refractivity contribution is 9.10. The number of anilines is 1. The van der Waals surface area contributed by atoms with E-state index < -0.39 is 11.7 Å². The van der Waals surface area contributed by atoms with Gasteiger partial charge in [-0.3, -0.25) is 14.5 Å². The van der Waals surface area contributed by atoms with Crippen LogP contribution in [-0.4, -0.2) is 16.7 Å². The molecule has 1 aromatic heterocycles. The van der Waals surface area contributed by atoms with Crippen molar-refractivity contribution < 1.29 is 9.59 Å². The molecule has 2 heterocycles. The molecule has 0 radical (unpaired) electrons. The van der Waals surface area contributed by atoms with E-state index in [0.29, 0.717) is 22.1 Å². The Morgan fingerprint density at radius 1 is 1.29 bits per heavy atom. The zero-order valence-electron chi connectivity index (χ0n) is 11.1. The number of hydrogen-bond donors (Lipinski definition) is 0. The van der Waals surface area contributed by atoms with E-state index in [-0.39, 0.29) is 6.54 Å². The summed E-state index contributed by atoms with van der Waals surface area (Å²) >= 11 is 9.21. The van der Waals surface area contributed by atoms with E-state index in [1.54, 1.807) is 24.3 Å². The van der Waals surface area contributed by atoms with Crippen LogP contribution in [0.2, 0.25) is 5.15 Å². The van der Waals surface area contributed by atoms with Crippen LogP contribution in [0.1, 0.15) is 21.6 Å². The number of pyridine rings is 1. The molecule has 1 aromatic carbocycles. The van der Waals surface area contributed by atoms with Crippen molar-refractivity contribution in [2.45, 2.75) is 13.5 Å². The highest BCUT2D eigenvalue weighted by atomic mass is 79.9. The maximum atomic E-state index is 12.2. The lowest BCUT2D eigenvalue weighted by atomic mass is 10.1. The second-order valence-electron chi connectivity index (χ2n) is 4.79. The third-order valence-electron chi connectivity index (χ3n) is 3.31. The van der Waals surface area contributed by atoms with Crippen molar-refractivity contribution in [3.05, 3.63) is 56.8 Å². The fraction of sp³-hybridized carbons (Fsp3) is 0.133. The van der Waals surface area contributed by atoms with Crippen LogP contribution in [0.3, 0.4) is 0 Å². The molecular formula is C15H10BrClN2O2. The van der Waals surface area contributed by atoms with Gasteiger partial charge in [0.25, 0.3) is 11.7 Å². The molecule has 6 heteroatoms. The van der Waals surface area contributed by atoms with Crippen LogP contribution in [0.5, 0.6) is 0 Å². The molecule has 3 rings (SSSR count). The molecule has 1 aliphatic heterocycles. The minimum atomic E-state index is -0.534. The average Bonchev–Trinajstić information content (AvgIpc) is 2.64. The molecule has 1 amide bonds. The van der Waals surface area contributed by atoms with E-state index in [9.17, 15) is 9.59 Å². The van der Waals surface area contributed by atoms with Crippen LogP contribution >= 0.6 is 27.5 Å². The minimum Gasteiger partial charge on any atom is -0.298 e. The number of Topliss-reactive ketones (excluding diaryl/α,β-unsaturated/α-hetero) is 1. The highest BCUT2D eigenvalue weighted by Crippen LogP contribution is 2.35. The summed E-state index contributed by atoms with van der Waals surface area (Å²) in [6.45, 7) is 2.09. The first-order chi connectivity index (χ1) is 9.97. The molecular weight excluding hydrogens is 356 g/mol. The second-order valence-corrected chi connectivity index (χ2v) is 6.09. The number of carbonyl (C=O) groups excluding carboxylic acids is 2. The number of aryl methyl sites for hydroxylation is 1. The van der Waals surface area contributed by atoms with Crippen LogP contribution in [-0.2, 0) is 11.3 Å². The molecule has 21 heavy (non-hydrogen) atoms. The predicted molar refractivity (Wildman–Crippen MR) is 83.6 cm³/mol. The third-order valence-corrected chi connectivity index (χ3v) is 3.98. The standard InChI is InChI=1S/C15H10BrClN2O2/c1-8-5-9(16)6-11-13(8)19(15(21)14(11)20)7-10-3-2-4-12(17)18-10/h2-6H,7H2,1H3. The van der Waals surface area contributed by atoms with E-state index in [1.165, 1.54) is 4.90 Å². The number of amides is 1. The molecule has 106 valence electrons. The Morgan fingerprint density at radius 2 is 2.05 bits per heavy atom. The van der Waals surface area contributed by atoms with Crippen molar-refractivity contribution in [2.24, 2.45) is 0 Å². The fourth-order valence-corrected chi connectivity index (χ4v) is 3.21. The number of fused-ring (bicyclic) bond motifs is 1. The number of halogens is 2. The van der Waals surface area contributed by atoms with Crippen molar-refractivity contribution in [3.8, 4) is 0 Å². The third kappa shape index (κ3) is 2.47. The van der Waals surface area contributed by atoms with Crippen molar-refractivity contribution in [1.29, 1.82) is 0 Å². The van der Waals surface area contributed by atoms with E-state index in [1.807, 2.05) is 13.0 Å². The zero-order chi connectivity index (χ0) is 15.1. The number of ketones is 1. The van der Waals surface area contributed by atoms with Crippen molar-refractivity contribution >= 4 is 44.9 Å². The van der Waals surface area contributed by atoms with Gasteiger partial charge in [0, 0.05) is 4.47 Å². The van der Waals surface area contributed by atoms with Crippen LogP contribution < -0.4 is 4.90 Å². The molecule has 0 aliphatic carbocycles. The molecule has 0 N–H and O–H groups in total. The number of carbonyl (C=O) groups is 2.